The number of carbonyl (C=O) groups excluding carboxylic acids is 1. The highest BCUT2D eigenvalue weighted by Gasteiger charge is 2.27. The Balaban J connectivity index is 1.68. The molecule has 0 aromatic carbocycles. The van der Waals surface area contributed by atoms with E-state index in [1.807, 2.05) is 0 Å². The SMILES string of the molecule is Cc1nc([C@@H]2CCCN(C(=O)Cn3ccccc3=O)C2)no1. The molecule has 1 aliphatic rings. The molecule has 22 heavy (non-hydrogen) atoms. The van der Waals surface area contributed by atoms with Gasteiger partial charge >= 0.3 is 0 Å². The van der Waals surface area contributed by atoms with E-state index in [0.29, 0.717) is 24.8 Å². The monoisotopic (exact) mass is 302 g/mol. The van der Waals surface area contributed by atoms with Gasteiger partial charge in [0.05, 0.1) is 0 Å². The molecule has 2 aromatic rings. The van der Waals surface area contributed by atoms with E-state index < -0.39 is 0 Å². The Labute approximate surface area is 127 Å². The van der Waals surface area contributed by atoms with Gasteiger partial charge in [0, 0.05) is 38.2 Å². The van der Waals surface area contributed by atoms with Crippen molar-refractivity contribution in [1.82, 2.24) is 19.6 Å². The molecule has 0 radical (unpaired) electrons. The number of carbonyl (C=O) groups is 1. The van der Waals surface area contributed by atoms with E-state index in [-0.39, 0.29) is 23.9 Å². The normalized spacial score (nSPS) is 18.4. The molecule has 0 saturated carbocycles. The Morgan fingerprint density at radius 1 is 1.45 bits per heavy atom. The van der Waals surface area contributed by atoms with Crippen molar-refractivity contribution in [2.75, 3.05) is 13.1 Å². The van der Waals surface area contributed by atoms with Crippen molar-refractivity contribution >= 4 is 5.91 Å². The first kappa shape index (κ1) is 14.5. The summed E-state index contributed by atoms with van der Waals surface area (Å²) in [6.45, 7) is 3.09. The van der Waals surface area contributed by atoms with Gasteiger partial charge in [-0.1, -0.05) is 11.2 Å². The van der Waals surface area contributed by atoms with Gasteiger partial charge in [-0.2, -0.15) is 4.98 Å². The molecule has 7 heteroatoms. The molecule has 0 N–H and O–H groups in total. The molecule has 3 rings (SSSR count). The first-order valence-corrected chi connectivity index (χ1v) is 7.37. The molecule has 1 fully saturated rings. The van der Waals surface area contributed by atoms with E-state index in [1.54, 1.807) is 30.2 Å². The van der Waals surface area contributed by atoms with Gasteiger partial charge in [0.15, 0.2) is 5.82 Å². The number of rotatable bonds is 3. The summed E-state index contributed by atoms with van der Waals surface area (Å²) in [5, 5.41) is 3.95. The maximum absolute atomic E-state index is 12.4. The number of hydrogen-bond acceptors (Lipinski definition) is 5. The van der Waals surface area contributed by atoms with Crippen LogP contribution in [0, 0.1) is 6.92 Å². The summed E-state index contributed by atoms with van der Waals surface area (Å²) in [6, 6.07) is 4.86. The number of aryl methyl sites for hydroxylation is 1. The minimum Gasteiger partial charge on any atom is -0.340 e. The summed E-state index contributed by atoms with van der Waals surface area (Å²) in [5.74, 6) is 1.24. The molecule has 1 atom stereocenters. The van der Waals surface area contributed by atoms with Crippen LogP contribution >= 0.6 is 0 Å². The molecule has 0 bridgehead atoms. The summed E-state index contributed by atoms with van der Waals surface area (Å²) in [7, 11) is 0. The molecule has 3 heterocycles. The quantitative estimate of drug-likeness (QED) is 0.843. The fraction of sp³-hybridized carbons (Fsp3) is 0.467. The number of amides is 1. The maximum Gasteiger partial charge on any atom is 0.250 e. The number of pyridine rings is 1. The Morgan fingerprint density at radius 3 is 3.05 bits per heavy atom. The van der Waals surface area contributed by atoms with Crippen molar-refractivity contribution in [1.29, 1.82) is 0 Å². The number of hydrogen-bond donors (Lipinski definition) is 0. The minimum atomic E-state index is -0.168. The summed E-state index contributed by atoms with van der Waals surface area (Å²) in [6.07, 6.45) is 3.46. The molecular weight excluding hydrogens is 284 g/mol. The van der Waals surface area contributed by atoms with Crippen LogP contribution in [0.1, 0.15) is 30.5 Å². The lowest BCUT2D eigenvalue weighted by Gasteiger charge is -2.31. The van der Waals surface area contributed by atoms with Gasteiger partial charge < -0.3 is 14.0 Å². The van der Waals surface area contributed by atoms with Crippen molar-refractivity contribution in [2.45, 2.75) is 32.2 Å². The highest BCUT2D eigenvalue weighted by Crippen LogP contribution is 2.24. The number of aromatic nitrogens is 3. The second kappa shape index (κ2) is 6.13. The number of likely N-dealkylation sites (tertiary alicyclic amines) is 1. The highest BCUT2D eigenvalue weighted by atomic mass is 16.5. The lowest BCUT2D eigenvalue weighted by Crippen LogP contribution is -2.42. The lowest BCUT2D eigenvalue weighted by molar-refractivity contribution is -0.133. The summed E-state index contributed by atoms with van der Waals surface area (Å²) in [5.41, 5.74) is -0.168. The molecule has 1 aliphatic heterocycles. The van der Waals surface area contributed by atoms with Crippen molar-refractivity contribution < 1.29 is 9.32 Å². The molecule has 7 nitrogen and oxygen atoms in total. The van der Waals surface area contributed by atoms with Crippen LogP contribution in [-0.2, 0) is 11.3 Å². The summed E-state index contributed by atoms with van der Waals surface area (Å²) >= 11 is 0. The Hall–Kier alpha value is -2.44. The molecule has 116 valence electrons. The van der Waals surface area contributed by atoms with Gasteiger partial charge in [0.25, 0.3) is 5.56 Å². The average molecular weight is 302 g/mol. The largest absolute Gasteiger partial charge is 0.340 e. The topological polar surface area (TPSA) is 81.2 Å². The fourth-order valence-corrected chi connectivity index (χ4v) is 2.73. The number of nitrogens with zero attached hydrogens (tertiary/aromatic N) is 4. The van der Waals surface area contributed by atoms with Crippen LogP contribution in [0.4, 0.5) is 0 Å². The van der Waals surface area contributed by atoms with Gasteiger partial charge in [-0.05, 0) is 18.9 Å². The first-order chi connectivity index (χ1) is 10.6. The van der Waals surface area contributed by atoms with E-state index in [0.717, 1.165) is 12.8 Å². The smallest absolute Gasteiger partial charge is 0.250 e. The lowest BCUT2D eigenvalue weighted by atomic mass is 9.97. The maximum atomic E-state index is 12.4. The molecule has 1 saturated heterocycles. The minimum absolute atomic E-state index is 0.0572. The van der Waals surface area contributed by atoms with E-state index in [2.05, 4.69) is 10.1 Å². The summed E-state index contributed by atoms with van der Waals surface area (Å²) < 4.78 is 6.44. The zero-order valence-corrected chi connectivity index (χ0v) is 12.4. The van der Waals surface area contributed by atoms with Crippen LogP contribution in [0.25, 0.3) is 0 Å². The van der Waals surface area contributed by atoms with Crippen LogP contribution in [0.3, 0.4) is 0 Å². The van der Waals surface area contributed by atoms with Crippen LogP contribution in [0.15, 0.2) is 33.7 Å². The van der Waals surface area contributed by atoms with Crippen LogP contribution in [-0.4, -0.2) is 38.6 Å². The Kier molecular flexibility index (Phi) is 4.04. The van der Waals surface area contributed by atoms with Crippen molar-refractivity contribution in [2.24, 2.45) is 0 Å². The second-order valence-corrected chi connectivity index (χ2v) is 5.52. The van der Waals surface area contributed by atoms with E-state index in [4.69, 9.17) is 4.52 Å². The molecule has 0 unspecified atom stereocenters. The van der Waals surface area contributed by atoms with Gasteiger partial charge in [0.1, 0.15) is 6.54 Å². The van der Waals surface area contributed by atoms with Crippen molar-refractivity contribution in [3.05, 3.63) is 46.5 Å². The third kappa shape index (κ3) is 3.08. The standard InChI is InChI=1S/C15H18N4O3/c1-11-16-15(17-22-11)12-5-4-8-18(9-12)14(21)10-19-7-3-2-6-13(19)20/h2-3,6-7,12H,4-5,8-10H2,1H3/t12-/m1/s1. The first-order valence-electron chi connectivity index (χ1n) is 7.37. The fourth-order valence-electron chi connectivity index (χ4n) is 2.73. The average Bonchev–Trinajstić information content (AvgIpc) is 2.96. The third-order valence-electron chi connectivity index (χ3n) is 3.89. The molecule has 0 spiro atoms. The molecule has 2 aromatic heterocycles. The van der Waals surface area contributed by atoms with Gasteiger partial charge in [-0.15, -0.1) is 0 Å². The van der Waals surface area contributed by atoms with Gasteiger partial charge in [-0.3, -0.25) is 9.59 Å². The highest BCUT2D eigenvalue weighted by molar-refractivity contribution is 5.76. The van der Waals surface area contributed by atoms with Crippen LogP contribution in [0.5, 0.6) is 0 Å². The van der Waals surface area contributed by atoms with E-state index in [9.17, 15) is 9.59 Å². The van der Waals surface area contributed by atoms with Crippen molar-refractivity contribution in [3.63, 3.8) is 0 Å². The van der Waals surface area contributed by atoms with Crippen molar-refractivity contribution in [3.8, 4) is 0 Å². The predicted molar refractivity (Wildman–Crippen MR) is 78.3 cm³/mol. The van der Waals surface area contributed by atoms with E-state index >= 15 is 0 Å². The number of piperidine rings is 1. The van der Waals surface area contributed by atoms with Crippen LogP contribution in [0.2, 0.25) is 0 Å². The molecular formula is C15H18N4O3. The third-order valence-corrected chi connectivity index (χ3v) is 3.89. The van der Waals surface area contributed by atoms with Gasteiger partial charge in [0.2, 0.25) is 11.8 Å². The van der Waals surface area contributed by atoms with E-state index in [1.165, 1.54) is 10.6 Å². The Bertz CT molecular complexity index is 721. The Morgan fingerprint density at radius 2 is 2.32 bits per heavy atom. The predicted octanol–water partition coefficient (Wildman–Crippen LogP) is 0.946. The molecule has 1 amide bonds. The van der Waals surface area contributed by atoms with Gasteiger partial charge in [-0.25, -0.2) is 0 Å². The second-order valence-electron chi connectivity index (χ2n) is 5.52. The zero-order valence-electron chi connectivity index (χ0n) is 12.4. The molecule has 0 aliphatic carbocycles. The van der Waals surface area contributed by atoms with Crippen LogP contribution < -0.4 is 5.56 Å². The summed E-state index contributed by atoms with van der Waals surface area (Å²) in [4.78, 5) is 30.1. The zero-order chi connectivity index (χ0) is 15.5.